The Labute approximate surface area is 83.2 Å². The normalized spacial score (nSPS) is 10.2. The summed E-state index contributed by atoms with van der Waals surface area (Å²) >= 11 is 3.24. The van der Waals surface area contributed by atoms with E-state index in [0.717, 1.165) is 4.47 Å². The van der Waals surface area contributed by atoms with Crippen molar-refractivity contribution in [3.05, 3.63) is 28.5 Å². The molecule has 5 nitrogen and oxygen atoms in total. The molecule has 0 unspecified atom stereocenters. The predicted molar refractivity (Wildman–Crippen MR) is 52.3 cm³/mol. The molecule has 6 heteroatoms. The second kappa shape index (κ2) is 4.56. The summed E-state index contributed by atoms with van der Waals surface area (Å²) in [5.74, 6) is 0. The van der Waals surface area contributed by atoms with Crippen LogP contribution in [0.4, 0.5) is 4.79 Å². The molecule has 0 bridgehead atoms. The van der Waals surface area contributed by atoms with Crippen molar-refractivity contribution < 1.29 is 4.79 Å². The van der Waals surface area contributed by atoms with Crippen molar-refractivity contribution in [1.29, 1.82) is 0 Å². The maximum Gasteiger partial charge on any atom is 0.332 e. The van der Waals surface area contributed by atoms with Crippen LogP contribution < -0.4 is 11.2 Å². The van der Waals surface area contributed by atoms with Gasteiger partial charge in [0.15, 0.2) is 0 Å². The van der Waals surface area contributed by atoms with Crippen molar-refractivity contribution >= 4 is 28.2 Å². The van der Waals surface area contributed by atoms with Crippen molar-refractivity contribution in [2.45, 2.75) is 0 Å². The number of aromatic nitrogens is 1. The molecule has 3 N–H and O–H groups in total. The molecular weight excluding hydrogens is 236 g/mol. The van der Waals surface area contributed by atoms with Gasteiger partial charge in [0.2, 0.25) is 0 Å². The Morgan fingerprint density at radius 3 is 3.00 bits per heavy atom. The first-order chi connectivity index (χ1) is 6.18. The molecule has 0 spiro atoms. The van der Waals surface area contributed by atoms with Gasteiger partial charge in [-0.1, -0.05) is 0 Å². The SMILES string of the molecule is NC(=O)N/N=C/c1ccc(Br)cn1. The van der Waals surface area contributed by atoms with E-state index in [2.05, 4.69) is 31.4 Å². The molecule has 2 amide bonds. The quantitative estimate of drug-likeness (QED) is 0.596. The number of nitrogens with two attached hydrogens (primary N) is 1. The first-order valence-corrected chi connectivity index (χ1v) is 4.18. The summed E-state index contributed by atoms with van der Waals surface area (Å²) in [4.78, 5) is 14.2. The number of rotatable bonds is 2. The summed E-state index contributed by atoms with van der Waals surface area (Å²) in [6.07, 6.45) is 3.03. The summed E-state index contributed by atoms with van der Waals surface area (Å²) in [6, 6.07) is 2.86. The van der Waals surface area contributed by atoms with Crippen LogP contribution in [0, 0.1) is 0 Å². The van der Waals surface area contributed by atoms with Crippen LogP contribution in [0.25, 0.3) is 0 Å². The largest absolute Gasteiger partial charge is 0.350 e. The van der Waals surface area contributed by atoms with Crippen LogP contribution in [-0.4, -0.2) is 17.2 Å². The van der Waals surface area contributed by atoms with Gasteiger partial charge in [-0.15, -0.1) is 0 Å². The smallest absolute Gasteiger partial charge is 0.332 e. The monoisotopic (exact) mass is 242 g/mol. The minimum atomic E-state index is -0.701. The molecule has 68 valence electrons. The van der Waals surface area contributed by atoms with Crippen molar-refractivity contribution in [2.75, 3.05) is 0 Å². The van der Waals surface area contributed by atoms with Gasteiger partial charge >= 0.3 is 6.03 Å². The summed E-state index contributed by atoms with van der Waals surface area (Å²) in [5.41, 5.74) is 7.49. The van der Waals surface area contributed by atoms with Crippen LogP contribution >= 0.6 is 15.9 Å². The van der Waals surface area contributed by atoms with Gasteiger partial charge < -0.3 is 5.73 Å². The lowest BCUT2D eigenvalue weighted by Crippen LogP contribution is -2.24. The topological polar surface area (TPSA) is 80.4 Å². The second-order valence-corrected chi connectivity index (χ2v) is 3.05. The highest BCUT2D eigenvalue weighted by molar-refractivity contribution is 9.10. The van der Waals surface area contributed by atoms with Crippen LogP contribution in [0.3, 0.4) is 0 Å². The van der Waals surface area contributed by atoms with E-state index in [1.807, 2.05) is 6.07 Å². The highest BCUT2D eigenvalue weighted by Crippen LogP contribution is 2.05. The number of hydrazone groups is 1. The Kier molecular flexibility index (Phi) is 3.39. The molecule has 0 aliphatic carbocycles. The second-order valence-electron chi connectivity index (χ2n) is 2.14. The molecule has 0 saturated heterocycles. The molecule has 0 fully saturated rings. The van der Waals surface area contributed by atoms with E-state index in [0.29, 0.717) is 5.69 Å². The predicted octanol–water partition coefficient (Wildman–Crippen LogP) is 0.846. The molecule has 1 aromatic rings. The van der Waals surface area contributed by atoms with Gasteiger partial charge in [0.1, 0.15) is 0 Å². The van der Waals surface area contributed by atoms with E-state index in [1.165, 1.54) is 6.21 Å². The van der Waals surface area contributed by atoms with E-state index in [-0.39, 0.29) is 0 Å². The molecule has 1 heterocycles. The van der Waals surface area contributed by atoms with E-state index >= 15 is 0 Å². The van der Waals surface area contributed by atoms with Gasteiger partial charge in [-0.05, 0) is 28.1 Å². The van der Waals surface area contributed by atoms with Crippen LogP contribution in [-0.2, 0) is 0 Å². The first kappa shape index (κ1) is 9.66. The molecule has 0 aliphatic rings. The van der Waals surface area contributed by atoms with E-state index in [1.54, 1.807) is 12.3 Å². The first-order valence-electron chi connectivity index (χ1n) is 3.38. The third kappa shape index (κ3) is 3.66. The van der Waals surface area contributed by atoms with Crippen molar-refractivity contribution in [1.82, 2.24) is 10.4 Å². The standard InChI is InChI=1S/C7H7BrN4O/c8-5-1-2-6(10-3-5)4-11-12-7(9)13/h1-4H,(H3,9,12,13)/b11-4+. The number of pyridine rings is 1. The molecule has 0 aromatic carbocycles. The van der Waals surface area contributed by atoms with Gasteiger partial charge in [-0.2, -0.15) is 5.10 Å². The Morgan fingerprint density at radius 2 is 2.46 bits per heavy atom. The summed E-state index contributed by atoms with van der Waals surface area (Å²) < 4.78 is 0.882. The van der Waals surface area contributed by atoms with E-state index in [4.69, 9.17) is 5.73 Å². The molecule has 0 radical (unpaired) electrons. The molecule has 1 rings (SSSR count). The maximum atomic E-state index is 10.2. The Bertz CT molecular complexity index is 322. The van der Waals surface area contributed by atoms with E-state index < -0.39 is 6.03 Å². The number of carbonyl (C=O) groups excluding carboxylic acids is 1. The number of halogens is 1. The highest BCUT2D eigenvalue weighted by Gasteiger charge is 1.89. The highest BCUT2D eigenvalue weighted by atomic mass is 79.9. The third-order valence-electron chi connectivity index (χ3n) is 1.12. The molecule has 0 aliphatic heterocycles. The third-order valence-corrected chi connectivity index (χ3v) is 1.59. The average Bonchev–Trinajstić information content (AvgIpc) is 2.08. The average molecular weight is 243 g/mol. The fourth-order valence-electron chi connectivity index (χ4n) is 0.626. The Morgan fingerprint density at radius 1 is 1.69 bits per heavy atom. The van der Waals surface area contributed by atoms with Gasteiger partial charge in [0, 0.05) is 10.7 Å². The lowest BCUT2D eigenvalue weighted by atomic mass is 10.4. The number of primary amides is 1. The number of nitrogens with one attached hydrogen (secondary N) is 1. The van der Waals surface area contributed by atoms with Gasteiger partial charge in [0.05, 0.1) is 11.9 Å². The van der Waals surface area contributed by atoms with Crippen molar-refractivity contribution in [2.24, 2.45) is 10.8 Å². The number of hydrogen-bond donors (Lipinski definition) is 2. The van der Waals surface area contributed by atoms with Gasteiger partial charge in [-0.3, -0.25) is 4.98 Å². The van der Waals surface area contributed by atoms with Gasteiger partial charge in [-0.25, -0.2) is 10.2 Å². The number of hydrogen-bond acceptors (Lipinski definition) is 3. The zero-order valence-corrected chi connectivity index (χ0v) is 8.15. The number of nitrogens with zero attached hydrogens (tertiary/aromatic N) is 2. The fourth-order valence-corrected chi connectivity index (χ4v) is 0.860. The molecule has 13 heavy (non-hydrogen) atoms. The molecule has 0 atom stereocenters. The molecular formula is C7H7BrN4O. The Balaban J connectivity index is 2.59. The van der Waals surface area contributed by atoms with Crippen molar-refractivity contribution in [3.8, 4) is 0 Å². The minimum absolute atomic E-state index is 0.636. The zero-order chi connectivity index (χ0) is 9.68. The zero-order valence-electron chi connectivity index (χ0n) is 6.57. The van der Waals surface area contributed by atoms with Crippen LogP contribution in [0.1, 0.15) is 5.69 Å². The van der Waals surface area contributed by atoms with Crippen LogP contribution in [0.2, 0.25) is 0 Å². The number of amides is 2. The molecule has 0 saturated carbocycles. The summed E-state index contributed by atoms with van der Waals surface area (Å²) in [5, 5.41) is 3.54. The fraction of sp³-hybridized carbons (Fsp3) is 0. The number of urea groups is 1. The Hall–Kier alpha value is -1.43. The lowest BCUT2D eigenvalue weighted by Gasteiger charge is -1.92. The van der Waals surface area contributed by atoms with Crippen LogP contribution in [0.5, 0.6) is 0 Å². The minimum Gasteiger partial charge on any atom is -0.350 e. The number of carbonyl (C=O) groups is 1. The maximum absolute atomic E-state index is 10.2. The molecule has 1 aromatic heterocycles. The van der Waals surface area contributed by atoms with Crippen molar-refractivity contribution in [3.63, 3.8) is 0 Å². The lowest BCUT2D eigenvalue weighted by molar-refractivity contribution is 0.249. The summed E-state index contributed by atoms with van der Waals surface area (Å²) in [7, 11) is 0. The van der Waals surface area contributed by atoms with Gasteiger partial charge in [0.25, 0.3) is 0 Å². The van der Waals surface area contributed by atoms with E-state index in [9.17, 15) is 4.79 Å². The summed E-state index contributed by atoms with van der Waals surface area (Å²) in [6.45, 7) is 0. The van der Waals surface area contributed by atoms with Crippen LogP contribution in [0.15, 0.2) is 27.9 Å².